The van der Waals surface area contributed by atoms with Gasteiger partial charge in [0.05, 0.1) is 34.6 Å². The van der Waals surface area contributed by atoms with Crippen molar-refractivity contribution in [2.24, 2.45) is 5.92 Å². The Morgan fingerprint density at radius 1 is 0.971 bits per heavy atom. The first-order valence-electron chi connectivity index (χ1n) is 11.7. The summed E-state index contributed by atoms with van der Waals surface area (Å²) in [6.07, 6.45) is 10.7. The number of benzene rings is 1. The van der Waals surface area contributed by atoms with Crippen molar-refractivity contribution in [3.63, 3.8) is 0 Å². The van der Waals surface area contributed by atoms with E-state index in [4.69, 9.17) is 0 Å². The number of H-pyrrole nitrogens is 2. The maximum Gasteiger partial charge on any atom is 0.227 e. The predicted octanol–water partition coefficient (Wildman–Crippen LogP) is 5.72. The fraction of sp³-hybridized carbons (Fsp3) is 0.269. The number of hydrogen-bond acceptors (Lipinski definition) is 5. The molecule has 8 heteroatoms. The van der Waals surface area contributed by atoms with Gasteiger partial charge in [0, 0.05) is 29.3 Å². The van der Waals surface area contributed by atoms with Crippen molar-refractivity contribution >= 4 is 33.5 Å². The summed E-state index contributed by atoms with van der Waals surface area (Å²) in [5, 5.41) is 11.6. The number of amides is 1. The Bertz CT molecular complexity index is 1410. The van der Waals surface area contributed by atoms with Crippen LogP contribution in [0.4, 0.5) is 5.69 Å². The summed E-state index contributed by atoms with van der Waals surface area (Å²) in [4.78, 5) is 29.3. The average molecular weight is 454 g/mol. The molecule has 0 saturated carbocycles. The molecule has 3 N–H and O–H groups in total. The minimum absolute atomic E-state index is 0.0301. The maximum atomic E-state index is 12.8. The molecule has 0 bridgehead atoms. The molecule has 0 radical (unpaired) electrons. The van der Waals surface area contributed by atoms with E-state index in [0.717, 1.165) is 64.4 Å². The quantitative estimate of drug-likeness (QED) is 0.278. The molecule has 5 aromatic rings. The summed E-state index contributed by atoms with van der Waals surface area (Å²) in [5.74, 6) is 0.778. The van der Waals surface area contributed by atoms with Crippen LogP contribution >= 0.6 is 0 Å². The largest absolute Gasteiger partial charge is 0.335 e. The third-order valence-electron chi connectivity index (χ3n) is 6.05. The van der Waals surface area contributed by atoms with Crippen LogP contribution in [0.3, 0.4) is 0 Å². The van der Waals surface area contributed by atoms with Gasteiger partial charge in [0.1, 0.15) is 5.69 Å². The Hall–Kier alpha value is -4.07. The normalized spacial score (nSPS) is 11.5. The zero-order valence-electron chi connectivity index (χ0n) is 19.3. The molecule has 5 rings (SSSR count). The van der Waals surface area contributed by atoms with Crippen LogP contribution in [-0.4, -0.2) is 36.0 Å². The number of hydrogen-bond donors (Lipinski definition) is 3. The topological polar surface area (TPSA) is 112 Å². The highest BCUT2D eigenvalue weighted by molar-refractivity contribution is 5.96. The molecule has 0 aliphatic heterocycles. The zero-order valence-corrected chi connectivity index (χ0v) is 19.3. The van der Waals surface area contributed by atoms with Gasteiger partial charge in [-0.1, -0.05) is 32.8 Å². The van der Waals surface area contributed by atoms with Crippen molar-refractivity contribution in [1.29, 1.82) is 0 Å². The van der Waals surface area contributed by atoms with Gasteiger partial charge in [0.15, 0.2) is 5.82 Å². The van der Waals surface area contributed by atoms with Crippen molar-refractivity contribution in [1.82, 2.24) is 30.1 Å². The average Bonchev–Trinajstić information content (AvgIpc) is 3.47. The summed E-state index contributed by atoms with van der Waals surface area (Å²) in [6, 6.07) is 9.92. The number of aromatic nitrogens is 6. The lowest BCUT2D eigenvalue weighted by molar-refractivity contribution is -0.120. The van der Waals surface area contributed by atoms with Crippen LogP contribution in [-0.2, 0) is 4.79 Å². The Kier molecular flexibility index (Phi) is 6.03. The minimum atomic E-state index is 0.0301. The van der Waals surface area contributed by atoms with E-state index in [1.165, 1.54) is 0 Å². The van der Waals surface area contributed by atoms with Crippen LogP contribution in [0.1, 0.15) is 39.5 Å². The summed E-state index contributed by atoms with van der Waals surface area (Å²) in [6.45, 7) is 4.22. The van der Waals surface area contributed by atoms with Gasteiger partial charge in [-0.05, 0) is 42.7 Å². The molecular weight excluding hydrogens is 426 g/mol. The molecular formula is C26H27N7O. The number of carbonyl (C=O) groups is 1. The Labute approximate surface area is 197 Å². The second kappa shape index (κ2) is 9.43. The molecule has 34 heavy (non-hydrogen) atoms. The molecule has 0 aliphatic rings. The Morgan fingerprint density at radius 3 is 2.62 bits per heavy atom. The second-order valence-corrected chi connectivity index (χ2v) is 8.54. The number of fused-ring (bicyclic) bond motifs is 2. The number of anilines is 1. The number of rotatable bonds is 8. The molecule has 0 fully saturated rings. The Balaban J connectivity index is 1.45. The number of carbonyl (C=O) groups excluding carboxylic acids is 1. The van der Waals surface area contributed by atoms with Crippen LogP contribution in [0.25, 0.3) is 44.6 Å². The van der Waals surface area contributed by atoms with Crippen LogP contribution in [0.5, 0.6) is 0 Å². The van der Waals surface area contributed by atoms with E-state index in [2.05, 4.69) is 55.4 Å². The highest BCUT2D eigenvalue weighted by Gasteiger charge is 2.17. The van der Waals surface area contributed by atoms with E-state index in [0.29, 0.717) is 11.5 Å². The van der Waals surface area contributed by atoms with Crippen molar-refractivity contribution in [2.45, 2.75) is 39.5 Å². The molecule has 8 nitrogen and oxygen atoms in total. The first kappa shape index (κ1) is 21.8. The number of aromatic amines is 2. The monoisotopic (exact) mass is 453 g/mol. The molecule has 0 unspecified atom stereocenters. The van der Waals surface area contributed by atoms with E-state index in [1.54, 1.807) is 24.8 Å². The SMILES string of the molecule is CCCC(CCC)C(=O)Nc1cncc(-c2ccc3[nH]nc(-c4nc5ccncc5[nH]4)c3c2)c1. The predicted molar refractivity (Wildman–Crippen MR) is 134 cm³/mol. The van der Waals surface area contributed by atoms with Gasteiger partial charge in [0.2, 0.25) is 5.91 Å². The summed E-state index contributed by atoms with van der Waals surface area (Å²) in [5.41, 5.74) is 5.97. The molecule has 0 aliphatic carbocycles. The third-order valence-corrected chi connectivity index (χ3v) is 6.05. The summed E-state index contributed by atoms with van der Waals surface area (Å²) in [7, 11) is 0. The maximum absolute atomic E-state index is 12.8. The molecule has 1 aromatic carbocycles. The van der Waals surface area contributed by atoms with E-state index >= 15 is 0 Å². The van der Waals surface area contributed by atoms with Crippen LogP contribution in [0.15, 0.2) is 55.1 Å². The standard InChI is InChI=1S/C26H27N7O/c1-3-5-16(6-4-2)26(34)29-19-11-18(13-28-14-19)17-7-8-21-20(12-17)24(33-32-21)25-30-22-9-10-27-15-23(22)31-25/h7-16H,3-6H2,1-2H3,(H,29,34)(H,30,31)(H,32,33). The highest BCUT2D eigenvalue weighted by Crippen LogP contribution is 2.31. The number of imidazole rings is 1. The van der Waals surface area contributed by atoms with E-state index in [-0.39, 0.29) is 11.8 Å². The van der Waals surface area contributed by atoms with Gasteiger partial charge in [-0.15, -0.1) is 0 Å². The first-order chi connectivity index (χ1) is 16.7. The van der Waals surface area contributed by atoms with Crippen LogP contribution < -0.4 is 5.32 Å². The van der Waals surface area contributed by atoms with Crippen molar-refractivity contribution in [2.75, 3.05) is 5.32 Å². The molecule has 0 spiro atoms. The summed E-state index contributed by atoms with van der Waals surface area (Å²) < 4.78 is 0. The van der Waals surface area contributed by atoms with Gasteiger partial charge >= 0.3 is 0 Å². The fourth-order valence-corrected chi connectivity index (χ4v) is 4.36. The van der Waals surface area contributed by atoms with Crippen LogP contribution in [0, 0.1) is 5.92 Å². The first-order valence-corrected chi connectivity index (χ1v) is 11.7. The molecule has 0 atom stereocenters. The highest BCUT2D eigenvalue weighted by atomic mass is 16.1. The molecule has 1 amide bonds. The van der Waals surface area contributed by atoms with Crippen molar-refractivity contribution < 1.29 is 4.79 Å². The third kappa shape index (κ3) is 4.26. The second-order valence-electron chi connectivity index (χ2n) is 8.54. The van der Waals surface area contributed by atoms with Gasteiger partial charge in [-0.3, -0.25) is 19.9 Å². The smallest absolute Gasteiger partial charge is 0.227 e. The van der Waals surface area contributed by atoms with Gasteiger partial charge in [0.25, 0.3) is 0 Å². The van der Waals surface area contributed by atoms with Gasteiger partial charge in [-0.2, -0.15) is 5.10 Å². The molecule has 4 heterocycles. The lowest BCUT2D eigenvalue weighted by atomic mass is 9.97. The fourth-order valence-electron chi connectivity index (χ4n) is 4.36. The van der Waals surface area contributed by atoms with E-state index < -0.39 is 0 Å². The van der Waals surface area contributed by atoms with Gasteiger partial charge in [-0.25, -0.2) is 4.98 Å². The van der Waals surface area contributed by atoms with Crippen molar-refractivity contribution in [3.8, 4) is 22.6 Å². The summed E-state index contributed by atoms with van der Waals surface area (Å²) >= 11 is 0. The molecule has 172 valence electrons. The molecule has 0 saturated heterocycles. The van der Waals surface area contributed by atoms with Gasteiger partial charge < -0.3 is 10.3 Å². The van der Waals surface area contributed by atoms with E-state index in [9.17, 15) is 4.79 Å². The zero-order chi connectivity index (χ0) is 23.5. The lowest BCUT2D eigenvalue weighted by Gasteiger charge is -2.15. The molecule has 4 aromatic heterocycles. The minimum Gasteiger partial charge on any atom is -0.335 e. The Morgan fingerprint density at radius 2 is 1.82 bits per heavy atom. The van der Waals surface area contributed by atoms with E-state index in [1.807, 2.05) is 24.3 Å². The lowest BCUT2D eigenvalue weighted by Crippen LogP contribution is -2.22. The van der Waals surface area contributed by atoms with Crippen molar-refractivity contribution in [3.05, 3.63) is 55.1 Å². The number of nitrogens with one attached hydrogen (secondary N) is 3. The number of pyridine rings is 2. The number of nitrogens with zero attached hydrogens (tertiary/aromatic N) is 4. The van der Waals surface area contributed by atoms with Crippen LogP contribution in [0.2, 0.25) is 0 Å².